The minimum absolute atomic E-state index is 0.0696. The maximum absolute atomic E-state index is 14.6. The Morgan fingerprint density at radius 3 is 2.45 bits per heavy atom. The van der Waals surface area contributed by atoms with Crippen LogP contribution in [-0.2, 0) is 14.3 Å². The van der Waals surface area contributed by atoms with Gasteiger partial charge in [-0.05, 0) is 74.6 Å². The molecule has 3 aliphatic rings. The van der Waals surface area contributed by atoms with Gasteiger partial charge in [-0.15, -0.1) is 0 Å². The lowest BCUT2D eigenvalue weighted by Gasteiger charge is -2.33. The van der Waals surface area contributed by atoms with Crippen LogP contribution in [0.15, 0.2) is 35.9 Å². The summed E-state index contributed by atoms with van der Waals surface area (Å²) in [7, 11) is 2.03. The van der Waals surface area contributed by atoms with Crippen LogP contribution in [0.4, 0.5) is 14.9 Å². The highest BCUT2D eigenvalue weighted by atomic mass is 19.1. The number of esters is 1. The van der Waals surface area contributed by atoms with Crippen LogP contribution in [0.5, 0.6) is 0 Å². The largest absolute Gasteiger partial charge is 0.457 e. The molecule has 10 heteroatoms. The van der Waals surface area contributed by atoms with Gasteiger partial charge in [0, 0.05) is 50.9 Å². The smallest absolute Gasteiger partial charge is 0.410 e. The van der Waals surface area contributed by atoms with Crippen molar-refractivity contribution in [3.63, 3.8) is 0 Å². The standard InChI is InChI=1S/C32H46FN3O6/c1-21-5-7-27(37)19-30(39)42-31(22(2)6-8-29(21)41-32(40)35-13-11-34(4)12-14-35)23(3)15-24-16-25(33)18-26(17-24)36-10-9-28(38)20-36/h6,8,15-18,21-22,27-29,31,37-38H,5,7,9-14,19-20H2,1-4H3/b8-6-,23-15+/t21-,22-,27+,28+,29-,31-/m0/s1. The summed E-state index contributed by atoms with van der Waals surface area (Å²) in [6.45, 7) is 9.64. The number of hydrogen-bond donors (Lipinski definition) is 2. The number of amides is 1. The zero-order valence-corrected chi connectivity index (χ0v) is 25.2. The molecule has 3 aliphatic heterocycles. The number of rotatable bonds is 4. The predicted molar refractivity (Wildman–Crippen MR) is 159 cm³/mol. The molecule has 0 spiro atoms. The molecule has 9 nitrogen and oxygen atoms in total. The van der Waals surface area contributed by atoms with Gasteiger partial charge in [0.15, 0.2) is 0 Å². The molecule has 4 rings (SSSR count). The van der Waals surface area contributed by atoms with Crippen molar-refractivity contribution in [3.05, 3.63) is 47.3 Å². The maximum atomic E-state index is 14.6. The van der Waals surface area contributed by atoms with Crippen molar-refractivity contribution in [2.45, 2.75) is 70.9 Å². The van der Waals surface area contributed by atoms with E-state index in [0.29, 0.717) is 62.3 Å². The first-order valence-corrected chi connectivity index (χ1v) is 15.1. The van der Waals surface area contributed by atoms with Crippen LogP contribution < -0.4 is 4.90 Å². The average molecular weight is 588 g/mol. The first kappa shape index (κ1) is 32.0. The summed E-state index contributed by atoms with van der Waals surface area (Å²) in [5, 5.41) is 20.5. The number of cyclic esters (lactones) is 1. The van der Waals surface area contributed by atoms with Crippen LogP contribution in [-0.4, -0.2) is 103 Å². The summed E-state index contributed by atoms with van der Waals surface area (Å²) in [5.41, 5.74) is 2.02. The van der Waals surface area contributed by atoms with Gasteiger partial charge in [0.05, 0.1) is 18.6 Å². The third kappa shape index (κ3) is 8.78. The molecule has 42 heavy (non-hydrogen) atoms. The second-order valence-corrected chi connectivity index (χ2v) is 12.2. The number of anilines is 1. The number of ether oxygens (including phenoxy) is 2. The van der Waals surface area contributed by atoms with Crippen LogP contribution in [0.1, 0.15) is 52.0 Å². The van der Waals surface area contributed by atoms with Crippen LogP contribution >= 0.6 is 0 Å². The lowest BCUT2D eigenvalue weighted by Crippen LogP contribution is -2.48. The van der Waals surface area contributed by atoms with Crippen LogP contribution in [0, 0.1) is 17.7 Å². The quantitative estimate of drug-likeness (QED) is 0.405. The Kier molecular flexibility index (Phi) is 11.0. The van der Waals surface area contributed by atoms with E-state index in [4.69, 9.17) is 9.47 Å². The molecule has 0 radical (unpaired) electrons. The summed E-state index contributed by atoms with van der Waals surface area (Å²) < 4.78 is 26.5. The summed E-state index contributed by atoms with van der Waals surface area (Å²) >= 11 is 0. The van der Waals surface area contributed by atoms with E-state index in [1.807, 2.05) is 50.9 Å². The van der Waals surface area contributed by atoms with Crippen molar-refractivity contribution in [3.8, 4) is 0 Å². The van der Waals surface area contributed by atoms with Crippen molar-refractivity contribution >= 4 is 23.8 Å². The predicted octanol–water partition coefficient (Wildman–Crippen LogP) is 3.84. The summed E-state index contributed by atoms with van der Waals surface area (Å²) in [6, 6.07) is 4.75. The van der Waals surface area contributed by atoms with E-state index in [0.717, 1.165) is 13.1 Å². The topological polar surface area (TPSA) is 103 Å². The molecule has 6 atom stereocenters. The molecular formula is C32H46FN3O6. The highest BCUT2D eigenvalue weighted by Gasteiger charge is 2.29. The number of likely N-dealkylation sites (N-methyl/N-ethyl adjacent to an activating group) is 1. The molecule has 2 fully saturated rings. The van der Waals surface area contributed by atoms with Gasteiger partial charge in [-0.25, -0.2) is 9.18 Å². The number of aliphatic hydroxyl groups excluding tert-OH is 2. The lowest BCUT2D eigenvalue weighted by atomic mass is 9.91. The van der Waals surface area contributed by atoms with E-state index >= 15 is 0 Å². The molecule has 2 saturated heterocycles. The second-order valence-electron chi connectivity index (χ2n) is 12.2. The van der Waals surface area contributed by atoms with Gasteiger partial charge in [0.2, 0.25) is 0 Å². The summed E-state index contributed by atoms with van der Waals surface area (Å²) in [4.78, 5) is 31.7. The number of aliphatic hydroxyl groups is 2. The summed E-state index contributed by atoms with van der Waals surface area (Å²) in [5.74, 6) is -1.25. The number of carbonyl (C=O) groups is 2. The van der Waals surface area contributed by atoms with Gasteiger partial charge < -0.3 is 34.4 Å². The molecule has 1 aromatic rings. The highest BCUT2D eigenvalue weighted by molar-refractivity contribution is 5.71. The minimum atomic E-state index is -0.876. The van der Waals surface area contributed by atoms with Crippen molar-refractivity contribution in [2.24, 2.45) is 11.8 Å². The SMILES string of the molecule is C/C(=C\c1cc(F)cc(N2CC[C@@H](O)C2)c1)[C@H]1OC(=O)C[C@H](O)CC[C@H](C)[C@@H](OC(=O)N2CCN(C)CC2)/C=C\[C@@H]1C. The van der Waals surface area contributed by atoms with E-state index in [1.54, 1.807) is 11.0 Å². The molecular weight excluding hydrogens is 541 g/mol. The van der Waals surface area contributed by atoms with Gasteiger partial charge in [0.25, 0.3) is 0 Å². The van der Waals surface area contributed by atoms with E-state index in [1.165, 1.54) is 12.1 Å². The van der Waals surface area contributed by atoms with Crippen molar-refractivity contribution in [1.82, 2.24) is 9.80 Å². The Morgan fingerprint density at radius 2 is 1.76 bits per heavy atom. The molecule has 3 heterocycles. The zero-order chi connectivity index (χ0) is 30.4. The normalized spacial score (nSPS) is 31.2. The van der Waals surface area contributed by atoms with Crippen molar-refractivity contribution in [2.75, 3.05) is 51.2 Å². The lowest BCUT2D eigenvalue weighted by molar-refractivity contribution is -0.151. The van der Waals surface area contributed by atoms with Gasteiger partial charge >= 0.3 is 12.1 Å². The first-order valence-electron chi connectivity index (χ1n) is 15.1. The average Bonchev–Trinajstić information content (AvgIpc) is 3.38. The van der Waals surface area contributed by atoms with Gasteiger partial charge in [0.1, 0.15) is 18.0 Å². The number of halogens is 1. The maximum Gasteiger partial charge on any atom is 0.410 e. The number of benzene rings is 1. The van der Waals surface area contributed by atoms with Crippen molar-refractivity contribution in [1.29, 1.82) is 0 Å². The van der Waals surface area contributed by atoms with E-state index in [2.05, 4.69) is 4.90 Å². The fourth-order valence-electron chi connectivity index (χ4n) is 5.81. The van der Waals surface area contributed by atoms with Crippen LogP contribution in [0.25, 0.3) is 6.08 Å². The number of carbonyl (C=O) groups excluding carboxylic acids is 2. The fraction of sp³-hybridized carbons (Fsp3) is 0.625. The zero-order valence-electron chi connectivity index (χ0n) is 25.2. The number of β-amino-alcohol motifs (C(OH)–C–C–N with tert-alkyl or cyclic N) is 1. The molecule has 1 aromatic carbocycles. The molecule has 0 unspecified atom stereocenters. The monoisotopic (exact) mass is 587 g/mol. The molecule has 2 N–H and O–H groups in total. The van der Waals surface area contributed by atoms with Gasteiger partial charge in [-0.1, -0.05) is 26.0 Å². The third-order valence-corrected chi connectivity index (χ3v) is 8.53. The number of nitrogens with zero attached hydrogens (tertiary/aromatic N) is 3. The Bertz CT molecular complexity index is 1150. The fourth-order valence-corrected chi connectivity index (χ4v) is 5.81. The van der Waals surface area contributed by atoms with E-state index in [-0.39, 0.29) is 24.3 Å². The molecule has 0 saturated carbocycles. The van der Waals surface area contributed by atoms with E-state index < -0.39 is 36.2 Å². The van der Waals surface area contributed by atoms with Gasteiger partial charge in [-0.3, -0.25) is 4.79 Å². The summed E-state index contributed by atoms with van der Waals surface area (Å²) in [6.07, 6.45) is 4.19. The number of piperazine rings is 1. The molecule has 0 aliphatic carbocycles. The highest BCUT2D eigenvalue weighted by Crippen LogP contribution is 2.28. The van der Waals surface area contributed by atoms with Crippen molar-refractivity contribution < 1.29 is 33.7 Å². The van der Waals surface area contributed by atoms with E-state index in [9.17, 15) is 24.2 Å². The minimum Gasteiger partial charge on any atom is -0.457 e. The number of hydrogen-bond acceptors (Lipinski definition) is 8. The molecule has 0 aromatic heterocycles. The first-order chi connectivity index (χ1) is 20.0. The second kappa shape index (κ2) is 14.5. The van der Waals surface area contributed by atoms with Gasteiger partial charge in [-0.2, -0.15) is 0 Å². The molecule has 232 valence electrons. The Hall–Kier alpha value is -2.95. The molecule has 0 bridgehead atoms. The van der Waals surface area contributed by atoms with Crippen LogP contribution in [0.2, 0.25) is 0 Å². The Morgan fingerprint density at radius 1 is 1.02 bits per heavy atom. The van der Waals surface area contributed by atoms with Crippen LogP contribution in [0.3, 0.4) is 0 Å². The molecule has 1 amide bonds. The Labute approximate surface area is 248 Å². The Balaban J connectivity index is 1.56. The third-order valence-electron chi connectivity index (χ3n) is 8.53.